The van der Waals surface area contributed by atoms with E-state index in [1.807, 2.05) is 19.4 Å². The van der Waals surface area contributed by atoms with Gasteiger partial charge in [0.15, 0.2) is 0 Å². The highest BCUT2D eigenvalue weighted by atomic mass is 19.1. The maximum absolute atomic E-state index is 13.3. The van der Waals surface area contributed by atoms with Crippen molar-refractivity contribution in [2.45, 2.75) is 44.3 Å². The molecule has 1 aromatic heterocycles. The molecule has 0 radical (unpaired) electrons. The van der Waals surface area contributed by atoms with Gasteiger partial charge in [0.05, 0.1) is 6.33 Å². The lowest BCUT2D eigenvalue weighted by atomic mass is 10.1. The maximum Gasteiger partial charge on any atom is 0.126 e. The summed E-state index contributed by atoms with van der Waals surface area (Å²) in [6.07, 6.45) is 8.88. The first-order chi connectivity index (χ1) is 10.1. The van der Waals surface area contributed by atoms with Crippen LogP contribution in [0.2, 0.25) is 0 Å². The van der Waals surface area contributed by atoms with Crippen molar-refractivity contribution in [1.29, 1.82) is 0 Å². The Morgan fingerprint density at radius 3 is 2.67 bits per heavy atom. The van der Waals surface area contributed by atoms with Crippen molar-refractivity contribution in [3.8, 4) is 0 Å². The molecule has 1 aliphatic rings. The van der Waals surface area contributed by atoms with Gasteiger partial charge in [-0.05, 0) is 43.9 Å². The van der Waals surface area contributed by atoms with E-state index in [0.717, 1.165) is 25.3 Å². The van der Waals surface area contributed by atoms with E-state index in [2.05, 4.69) is 14.9 Å². The molecule has 0 bridgehead atoms. The number of halogens is 2. The van der Waals surface area contributed by atoms with Gasteiger partial charge in [-0.1, -0.05) is 0 Å². The molecule has 3 nitrogen and oxygen atoms in total. The highest BCUT2D eigenvalue weighted by molar-refractivity contribution is 5.21. The standard InChI is InChI=1S/C16H19F2N3/c1-11(12-7-13(17)9-14(18)8-12)20-15-3-2-4-16(15)21-6-5-19-10-21/h5-11,15-16,20H,2-4H2,1H3. The van der Waals surface area contributed by atoms with Crippen LogP contribution in [0.4, 0.5) is 8.78 Å². The average molecular weight is 291 g/mol. The normalized spacial score (nSPS) is 23.4. The van der Waals surface area contributed by atoms with Crippen molar-refractivity contribution < 1.29 is 8.78 Å². The van der Waals surface area contributed by atoms with Crippen LogP contribution < -0.4 is 5.32 Å². The van der Waals surface area contributed by atoms with Crippen LogP contribution >= 0.6 is 0 Å². The molecule has 1 saturated carbocycles. The summed E-state index contributed by atoms with van der Waals surface area (Å²) in [5, 5.41) is 3.51. The predicted molar refractivity (Wildman–Crippen MR) is 76.8 cm³/mol. The summed E-state index contributed by atoms with van der Waals surface area (Å²) >= 11 is 0. The van der Waals surface area contributed by atoms with Crippen molar-refractivity contribution in [1.82, 2.24) is 14.9 Å². The number of aromatic nitrogens is 2. The molecule has 5 heteroatoms. The van der Waals surface area contributed by atoms with Crippen molar-refractivity contribution in [2.24, 2.45) is 0 Å². The first-order valence-electron chi connectivity index (χ1n) is 7.33. The van der Waals surface area contributed by atoms with Crippen LogP contribution in [0.1, 0.15) is 43.8 Å². The van der Waals surface area contributed by atoms with Gasteiger partial charge >= 0.3 is 0 Å². The molecule has 0 aliphatic heterocycles. The quantitative estimate of drug-likeness (QED) is 0.932. The molecular weight excluding hydrogens is 272 g/mol. The summed E-state index contributed by atoms with van der Waals surface area (Å²) < 4.78 is 28.8. The summed E-state index contributed by atoms with van der Waals surface area (Å²) in [6.45, 7) is 1.94. The lowest BCUT2D eigenvalue weighted by molar-refractivity contribution is 0.361. The Bertz CT molecular complexity index is 577. The molecule has 0 amide bonds. The van der Waals surface area contributed by atoms with E-state index in [-0.39, 0.29) is 6.04 Å². The summed E-state index contributed by atoms with van der Waals surface area (Å²) in [7, 11) is 0. The van der Waals surface area contributed by atoms with Gasteiger partial charge in [-0.3, -0.25) is 0 Å². The molecule has 3 rings (SSSR count). The summed E-state index contributed by atoms with van der Waals surface area (Å²) in [5.74, 6) is -1.06. The third-order valence-corrected chi connectivity index (χ3v) is 4.24. The van der Waals surface area contributed by atoms with Gasteiger partial charge in [0.2, 0.25) is 0 Å². The minimum absolute atomic E-state index is 0.0932. The first-order valence-corrected chi connectivity index (χ1v) is 7.33. The molecule has 3 unspecified atom stereocenters. The number of rotatable bonds is 4. The lowest BCUT2D eigenvalue weighted by Gasteiger charge is -2.26. The van der Waals surface area contributed by atoms with E-state index in [0.29, 0.717) is 17.6 Å². The molecule has 1 aliphatic carbocycles. The molecule has 0 spiro atoms. The van der Waals surface area contributed by atoms with Crippen LogP contribution in [0.15, 0.2) is 36.9 Å². The van der Waals surface area contributed by atoms with Crippen LogP contribution in [0.3, 0.4) is 0 Å². The summed E-state index contributed by atoms with van der Waals surface area (Å²) in [6, 6.07) is 4.24. The van der Waals surface area contributed by atoms with Crippen LogP contribution in [0.25, 0.3) is 0 Å². The van der Waals surface area contributed by atoms with Crippen molar-refractivity contribution in [3.63, 3.8) is 0 Å². The molecule has 112 valence electrons. The second-order valence-electron chi connectivity index (χ2n) is 5.71. The van der Waals surface area contributed by atoms with Gasteiger partial charge in [0.1, 0.15) is 11.6 Å². The first kappa shape index (κ1) is 14.2. The van der Waals surface area contributed by atoms with Crippen LogP contribution in [-0.4, -0.2) is 15.6 Å². The molecule has 1 N–H and O–H groups in total. The van der Waals surface area contributed by atoms with E-state index >= 15 is 0 Å². The van der Waals surface area contributed by atoms with Crippen molar-refractivity contribution in [2.75, 3.05) is 0 Å². The Kier molecular flexibility index (Phi) is 4.01. The van der Waals surface area contributed by atoms with E-state index in [1.54, 1.807) is 6.20 Å². The number of benzene rings is 1. The molecular formula is C16H19F2N3. The largest absolute Gasteiger partial charge is 0.333 e. The fourth-order valence-corrected chi connectivity index (χ4v) is 3.20. The molecule has 3 atom stereocenters. The number of nitrogens with zero attached hydrogens (tertiary/aromatic N) is 2. The second kappa shape index (κ2) is 5.93. The molecule has 21 heavy (non-hydrogen) atoms. The van der Waals surface area contributed by atoms with E-state index < -0.39 is 11.6 Å². The zero-order chi connectivity index (χ0) is 14.8. The SMILES string of the molecule is CC(NC1CCCC1n1ccnc1)c1cc(F)cc(F)c1. The Morgan fingerprint density at radius 2 is 2.00 bits per heavy atom. The maximum atomic E-state index is 13.3. The minimum atomic E-state index is -0.531. The Hall–Kier alpha value is -1.75. The van der Waals surface area contributed by atoms with Gasteiger partial charge in [-0.25, -0.2) is 13.8 Å². The smallest absolute Gasteiger partial charge is 0.126 e. The van der Waals surface area contributed by atoms with E-state index in [4.69, 9.17) is 0 Å². The molecule has 1 aromatic carbocycles. The van der Waals surface area contributed by atoms with E-state index in [1.165, 1.54) is 12.1 Å². The van der Waals surface area contributed by atoms with Gasteiger partial charge in [0.25, 0.3) is 0 Å². The van der Waals surface area contributed by atoms with Crippen molar-refractivity contribution >= 4 is 0 Å². The summed E-state index contributed by atoms with van der Waals surface area (Å²) in [4.78, 5) is 4.10. The molecule has 1 fully saturated rings. The lowest BCUT2D eigenvalue weighted by Crippen LogP contribution is -2.35. The monoisotopic (exact) mass is 291 g/mol. The molecule has 2 aromatic rings. The van der Waals surface area contributed by atoms with Gasteiger partial charge in [0, 0.05) is 36.6 Å². The second-order valence-corrected chi connectivity index (χ2v) is 5.71. The van der Waals surface area contributed by atoms with Gasteiger partial charge in [-0.15, -0.1) is 0 Å². The Labute approximate surface area is 123 Å². The average Bonchev–Trinajstić information content (AvgIpc) is 3.07. The number of imidazole rings is 1. The van der Waals surface area contributed by atoms with Gasteiger partial charge in [-0.2, -0.15) is 0 Å². The highest BCUT2D eigenvalue weighted by Crippen LogP contribution is 2.31. The predicted octanol–water partition coefficient (Wildman–Crippen LogP) is 3.61. The highest BCUT2D eigenvalue weighted by Gasteiger charge is 2.29. The molecule has 1 heterocycles. The summed E-state index contributed by atoms with van der Waals surface area (Å²) in [5.41, 5.74) is 0.642. The fraction of sp³-hybridized carbons (Fsp3) is 0.438. The number of hydrogen-bond donors (Lipinski definition) is 1. The van der Waals surface area contributed by atoms with E-state index in [9.17, 15) is 8.78 Å². The number of nitrogens with one attached hydrogen (secondary N) is 1. The third kappa shape index (κ3) is 3.13. The van der Waals surface area contributed by atoms with Crippen LogP contribution in [0, 0.1) is 11.6 Å². The third-order valence-electron chi connectivity index (χ3n) is 4.24. The van der Waals surface area contributed by atoms with Crippen molar-refractivity contribution in [3.05, 3.63) is 54.1 Å². The fourth-order valence-electron chi connectivity index (χ4n) is 3.20. The Morgan fingerprint density at radius 1 is 1.24 bits per heavy atom. The van der Waals surface area contributed by atoms with Crippen LogP contribution in [-0.2, 0) is 0 Å². The Balaban J connectivity index is 1.73. The molecule has 0 saturated heterocycles. The minimum Gasteiger partial charge on any atom is -0.333 e. The van der Waals surface area contributed by atoms with Gasteiger partial charge < -0.3 is 9.88 Å². The topological polar surface area (TPSA) is 29.9 Å². The number of hydrogen-bond acceptors (Lipinski definition) is 2. The zero-order valence-corrected chi connectivity index (χ0v) is 12.0. The van der Waals surface area contributed by atoms with Crippen LogP contribution in [0.5, 0.6) is 0 Å². The zero-order valence-electron chi connectivity index (χ0n) is 12.0.